The van der Waals surface area contributed by atoms with Crippen molar-refractivity contribution in [2.75, 3.05) is 18.8 Å². The van der Waals surface area contributed by atoms with Crippen LogP contribution in [0.25, 0.3) is 10.9 Å². The summed E-state index contributed by atoms with van der Waals surface area (Å²) >= 11 is 1.17. The molecule has 338 valence electrons. The molecule has 2 bridgehead atoms. The summed E-state index contributed by atoms with van der Waals surface area (Å²) < 4.78 is 0. The molecule has 2 unspecified atom stereocenters. The molecule has 0 aliphatic carbocycles. The summed E-state index contributed by atoms with van der Waals surface area (Å²) in [5.41, 5.74) is 6.94. The molecule has 0 radical (unpaired) electrons. The number of nitrogens with zero attached hydrogens (tertiary/aromatic N) is 1. The summed E-state index contributed by atoms with van der Waals surface area (Å²) in [7, 11) is 0. The zero-order chi connectivity index (χ0) is 45.4. The van der Waals surface area contributed by atoms with Gasteiger partial charge in [-0.1, -0.05) is 65.7 Å². The Bertz CT molecular complexity index is 2060. The smallest absolute Gasteiger partial charge is 0.243 e. The number of primary amides is 1. The first-order valence-electron chi connectivity index (χ1n) is 21.7. The zero-order valence-electron chi connectivity index (χ0n) is 36.1. The Labute approximate surface area is 365 Å². The number of rotatable bonds is 7. The predicted molar refractivity (Wildman–Crippen MR) is 230 cm³/mol. The first-order valence-corrected chi connectivity index (χ1v) is 22.6. The van der Waals surface area contributed by atoms with E-state index in [2.05, 4.69) is 26.3 Å². The van der Waals surface area contributed by atoms with Gasteiger partial charge in [0.2, 0.25) is 35.4 Å². The van der Waals surface area contributed by atoms with E-state index in [0.29, 0.717) is 28.9 Å². The van der Waals surface area contributed by atoms with Crippen molar-refractivity contribution in [3.63, 3.8) is 0 Å². The van der Waals surface area contributed by atoms with Gasteiger partial charge in [0.1, 0.15) is 6.04 Å². The van der Waals surface area contributed by atoms with Gasteiger partial charge in [-0.2, -0.15) is 0 Å². The van der Waals surface area contributed by atoms with Gasteiger partial charge in [-0.25, -0.2) is 0 Å². The van der Waals surface area contributed by atoms with Crippen LogP contribution in [0.3, 0.4) is 0 Å². The van der Waals surface area contributed by atoms with Crippen molar-refractivity contribution in [3.8, 4) is 0 Å². The van der Waals surface area contributed by atoms with Gasteiger partial charge in [-0.3, -0.25) is 43.2 Å². The predicted octanol–water partition coefficient (Wildman–Crippen LogP) is 1.47. The van der Waals surface area contributed by atoms with E-state index in [-0.39, 0.29) is 56.2 Å². The minimum absolute atomic E-state index is 0.0132. The molecule has 62 heavy (non-hydrogen) atoms. The number of carbonyl (C=O) groups excluding carboxylic acids is 9. The first kappa shape index (κ1) is 47.9. The molecular formula is C44H61N7O10S. The van der Waals surface area contributed by atoms with Crippen molar-refractivity contribution in [2.24, 2.45) is 35.3 Å². The Hall–Kier alpha value is -5.10. The topological polar surface area (TPSA) is 267 Å². The fraction of sp³-hybridized carbons (Fsp3) is 0.614. The zero-order valence-corrected chi connectivity index (χ0v) is 36.9. The van der Waals surface area contributed by atoms with Crippen LogP contribution in [-0.2, 0) is 49.6 Å². The molecule has 3 aliphatic rings. The molecule has 4 heterocycles. The molecule has 3 aliphatic heterocycles. The van der Waals surface area contributed by atoms with E-state index in [1.54, 1.807) is 6.92 Å². The number of amides is 6. The molecular weight excluding hydrogens is 819 g/mol. The number of aliphatic hydroxyl groups is 1. The number of aromatic nitrogens is 1. The van der Waals surface area contributed by atoms with E-state index in [4.69, 9.17) is 5.73 Å². The van der Waals surface area contributed by atoms with Gasteiger partial charge in [0.05, 0.1) is 41.7 Å². The van der Waals surface area contributed by atoms with Crippen molar-refractivity contribution in [1.29, 1.82) is 0 Å². The fourth-order valence-corrected chi connectivity index (χ4v) is 9.75. The number of para-hydroxylation sites is 1. The van der Waals surface area contributed by atoms with Gasteiger partial charge < -0.3 is 42.0 Å². The van der Waals surface area contributed by atoms with Gasteiger partial charge in [0, 0.05) is 67.6 Å². The lowest BCUT2D eigenvalue weighted by Gasteiger charge is -2.33. The van der Waals surface area contributed by atoms with Gasteiger partial charge in [-0.15, -0.1) is 11.8 Å². The van der Waals surface area contributed by atoms with Crippen molar-refractivity contribution < 1.29 is 48.3 Å². The monoisotopic (exact) mass is 879 g/mol. The second-order valence-electron chi connectivity index (χ2n) is 17.3. The Kier molecular flexibility index (Phi) is 16.5. The SMILES string of the molecule is CC[C@H](C)[C@@H]1NC(=O)CNC(=O)C2CC(=O)C([C@@H](C)[C@@H](C)CC)NC(=O)[C@@H]3C[C@@H](O)CN3C(=O)[C@H](CC(N)=O)CC(=O)[C@H](CSc3[nH]c4ccccc4c3C2)NC(=O)CCC1=O. The lowest BCUT2D eigenvalue weighted by molar-refractivity contribution is -0.145. The molecule has 10 atom stereocenters. The maximum absolute atomic E-state index is 14.7. The van der Waals surface area contributed by atoms with Gasteiger partial charge in [0.25, 0.3) is 0 Å². The minimum Gasteiger partial charge on any atom is -0.391 e. The Morgan fingerprint density at radius 3 is 2.27 bits per heavy atom. The molecule has 2 aromatic rings. The summed E-state index contributed by atoms with van der Waals surface area (Å²) in [6.07, 6.45) is -2.30. The number of nitrogens with one attached hydrogen (secondary N) is 5. The average molecular weight is 880 g/mol. The van der Waals surface area contributed by atoms with Crippen molar-refractivity contribution >= 4 is 75.5 Å². The third kappa shape index (κ3) is 11.7. The van der Waals surface area contributed by atoms with Gasteiger partial charge in [-0.05, 0) is 35.8 Å². The number of aromatic amines is 1. The van der Waals surface area contributed by atoms with Crippen LogP contribution >= 0.6 is 11.8 Å². The number of ketones is 3. The highest BCUT2D eigenvalue weighted by atomic mass is 32.2. The van der Waals surface area contributed by atoms with E-state index in [9.17, 15) is 48.3 Å². The molecule has 0 saturated carbocycles. The number of hydrogen-bond acceptors (Lipinski definition) is 11. The van der Waals surface area contributed by atoms with Crippen LogP contribution in [0.2, 0.25) is 0 Å². The van der Waals surface area contributed by atoms with Crippen LogP contribution < -0.4 is 27.0 Å². The summed E-state index contributed by atoms with van der Waals surface area (Å²) in [4.78, 5) is 130. The molecule has 1 aromatic heterocycles. The Morgan fingerprint density at radius 1 is 0.855 bits per heavy atom. The van der Waals surface area contributed by atoms with E-state index in [0.717, 1.165) is 10.3 Å². The Morgan fingerprint density at radius 2 is 1.58 bits per heavy atom. The number of hydrogen-bond donors (Lipinski definition) is 7. The van der Waals surface area contributed by atoms with Gasteiger partial charge >= 0.3 is 0 Å². The molecule has 6 amide bonds. The van der Waals surface area contributed by atoms with E-state index in [1.807, 2.05) is 52.0 Å². The molecule has 17 nitrogen and oxygen atoms in total. The largest absolute Gasteiger partial charge is 0.391 e. The molecule has 1 aromatic carbocycles. The molecule has 18 heteroatoms. The van der Waals surface area contributed by atoms with E-state index < -0.39 is 120 Å². The normalized spacial score (nSPS) is 28.2. The summed E-state index contributed by atoms with van der Waals surface area (Å²) in [5, 5.41) is 23.1. The number of fused-ring (bicyclic) bond motifs is 5. The number of thioether (sulfide) groups is 1. The van der Waals surface area contributed by atoms with Crippen LogP contribution in [-0.4, -0.2) is 117 Å². The molecule has 5 rings (SSSR count). The number of benzene rings is 1. The second kappa shape index (κ2) is 21.3. The van der Waals surface area contributed by atoms with Gasteiger partial charge in [0.15, 0.2) is 17.3 Å². The summed E-state index contributed by atoms with van der Waals surface area (Å²) in [5.74, 6) is -9.22. The number of aliphatic hydroxyl groups excluding tert-OH is 1. The van der Waals surface area contributed by atoms with Crippen molar-refractivity contribution in [1.82, 2.24) is 31.2 Å². The fourth-order valence-electron chi connectivity index (χ4n) is 8.60. The molecule has 0 spiro atoms. The first-order chi connectivity index (χ1) is 29.4. The molecule has 1 saturated heterocycles. The van der Waals surface area contributed by atoms with Crippen LogP contribution in [0.4, 0.5) is 0 Å². The maximum Gasteiger partial charge on any atom is 0.243 e. The van der Waals surface area contributed by atoms with Crippen LogP contribution in [0.15, 0.2) is 29.3 Å². The highest BCUT2D eigenvalue weighted by molar-refractivity contribution is 7.99. The highest BCUT2D eigenvalue weighted by Gasteiger charge is 2.44. The van der Waals surface area contributed by atoms with Crippen molar-refractivity contribution in [2.45, 2.75) is 128 Å². The Balaban J connectivity index is 1.69. The minimum atomic E-state index is -1.37. The quantitative estimate of drug-likeness (QED) is 0.209. The standard InChI is InChI=1S/C44H61N7O10S/c1-6-22(3)24(5)40-35(55)15-25-14-29-28-10-8-9-11-30(28)48-43(29)62-21-31(47-37(57)13-12-33(53)39(23(4)7-2)49-38(58)19-46-41(25)59)34(54)16-26(17-36(45)56)44(61)51-20-27(52)18-32(51)42(60)50-40/h8-11,22-27,31-32,39-40,48,52H,6-7,12-21H2,1-5H3,(H2,45,56)(H,46,59)(H,47,57)(H,49,58)(H,50,60)/t22-,23-,24-,25?,26-,27+,31-,32-,39-,40?/m0/s1. The highest BCUT2D eigenvalue weighted by Crippen LogP contribution is 2.34. The lowest BCUT2D eigenvalue weighted by Crippen LogP contribution is -2.55. The number of Topliss-reactive ketones (excluding diaryl/α,β-unsaturated/α-hetero) is 3. The summed E-state index contributed by atoms with van der Waals surface area (Å²) in [6.45, 7) is 8.52. The van der Waals surface area contributed by atoms with Crippen LogP contribution in [0.5, 0.6) is 0 Å². The number of carbonyl (C=O) groups is 9. The third-order valence-electron chi connectivity index (χ3n) is 12.9. The summed E-state index contributed by atoms with van der Waals surface area (Å²) in [6, 6.07) is 2.64. The number of nitrogens with two attached hydrogens (primary N) is 1. The van der Waals surface area contributed by atoms with Crippen molar-refractivity contribution in [3.05, 3.63) is 29.8 Å². The van der Waals surface area contributed by atoms with Crippen LogP contribution in [0.1, 0.15) is 91.5 Å². The van der Waals surface area contributed by atoms with Crippen LogP contribution in [0, 0.1) is 29.6 Å². The third-order valence-corrected chi connectivity index (χ3v) is 14.0. The van der Waals surface area contributed by atoms with E-state index >= 15 is 0 Å². The molecule has 1 fully saturated rings. The van der Waals surface area contributed by atoms with E-state index in [1.165, 1.54) is 11.8 Å². The maximum atomic E-state index is 14.7. The lowest BCUT2D eigenvalue weighted by atomic mass is 9.81. The number of H-pyrrole nitrogens is 1. The second-order valence-corrected chi connectivity index (χ2v) is 18.3. The molecule has 8 N–H and O–H groups in total. The average Bonchev–Trinajstić information content (AvgIpc) is 3.81.